The van der Waals surface area contributed by atoms with Gasteiger partial charge in [-0.1, -0.05) is 55.0 Å². The second-order valence-electron chi connectivity index (χ2n) is 7.23. The third-order valence-electron chi connectivity index (χ3n) is 5.19. The summed E-state index contributed by atoms with van der Waals surface area (Å²) in [4.78, 5) is 23.7. The maximum atomic E-state index is 12.3. The van der Waals surface area contributed by atoms with Crippen LogP contribution in [0.1, 0.15) is 54.4 Å². The van der Waals surface area contributed by atoms with Gasteiger partial charge in [-0.15, -0.1) is 10.2 Å². The van der Waals surface area contributed by atoms with Gasteiger partial charge in [0, 0.05) is 17.4 Å². The van der Waals surface area contributed by atoms with Crippen LogP contribution in [0.25, 0.3) is 11.1 Å². The molecule has 0 aliphatic rings. The van der Waals surface area contributed by atoms with Crippen LogP contribution in [-0.2, 0) is 11.2 Å². The number of carbonyl (C=O) groups is 2. The second-order valence-corrected chi connectivity index (χ2v) is 7.23. The predicted molar refractivity (Wildman–Crippen MR) is 110 cm³/mol. The van der Waals surface area contributed by atoms with Crippen LogP contribution in [0.15, 0.2) is 48.5 Å². The normalized spacial score (nSPS) is 13.0. The molecule has 7 nitrogen and oxygen atoms in total. The molecule has 0 unspecified atom stereocenters. The quantitative estimate of drug-likeness (QED) is 0.581. The van der Waals surface area contributed by atoms with Crippen molar-refractivity contribution in [3.8, 4) is 11.1 Å². The van der Waals surface area contributed by atoms with Crippen molar-refractivity contribution in [1.82, 2.24) is 20.6 Å². The molecule has 3 aromatic rings. The number of H-pyrrole nitrogens is 1. The molecule has 0 saturated carbocycles. The van der Waals surface area contributed by atoms with Gasteiger partial charge in [0.2, 0.25) is 5.91 Å². The number of aromatic nitrogens is 4. The van der Waals surface area contributed by atoms with Crippen molar-refractivity contribution in [3.05, 3.63) is 65.5 Å². The van der Waals surface area contributed by atoms with Crippen molar-refractivity contribution >= 4 is 11.7 Å². The van der Waals surface area contributed by atoms with E-state index in [4.69, 9.17) is 5.73 Å². The molecule has 0 bridgehead atoms. The van der Waals surface area contributed by atoms with Gasteiger partial charge < -0.3 is 5.73 Å². The van der Waals surface area contributed by atoms with Crippen molar-refractivity contribution in [2.24, 2.45) is 11.7 Å². The number of Topliss-reactive ketones (excluding diaryl/α,β-unsaturated/α-hetero) is 1. The standard InChI is InChI=1S/C22H25N5O2/c1-3-5-19(14(2)28)20(22-24-26-27-25-22)12-15-8-10-16(11-9-15)17-6-4-7-18(13-17)21(23)29/h4,6-11,13,19-20H,3,5,12H2,1-2H3,(H2,23,29)(H,24,25,26,27)/t19-,20+/m1/s1. The van der Waals surface area contributed by atoms with E-state index in [1.807, 2.05) is 36.4 Å². The Labute approximate surface area is 169 Å². The zero-order valence-electron chi connectivity index (χ0n) is 16.6. The summed E-state index contributed by atoms with van der Waals surface area (Å²) in [5, 5.41) is 14.5. The monoisotopic (exact) mass is 391 g/mol. The summed E-state index contributed by atoms with van der Waals surface area (Å²) in [7, 11) is 0. The van der Waals surface area contributed by atoms with Crippen LogP contribution >= 0.6 is 0 Å². The van der Waals surface area contributed by atoms with Gasteiger partial charge in [0.25, 0.3) is 0 Å². The summed E-state index contributed by atoms with van der Waals surface area (Å²) in [6.45, 7) is 3.69. The van der Waals surface area contributed by atoms with E-state index in [2.05, 4.69) is 27.5 Å². The van der Waals surface area contributed by atoms with Crippen molar-refractivity contribution in [1.29, 1.82) is 0 Å². The molecule has 0 saturated heterocycles. The number of nitrogens with one attached hydrogen (secondary N) is 1. The summed E-state index contributed by atoms with van der Waals surface area (Å²) < 4.78 is 0. The first kappa shape index (κ1) is 20.4. The number of amides is 1. The number of rotatable bonds is 9. The van der Waals surface area contributed by atoms with Gasteiger partial charge in [-0.3, -0.25) is 9.59 Å². The summed E-state index contributed by atoms with van der Waals surface area (Å²) in [6, 6.07) is 15.3. The van der Waals surface area contributed by atoms with Gasteiger partial charge in [-0.2, -0.15) is 5.21 Å². The molecule has 1 heterocycles. The minimum absolute atomic E-state index is 0.129. The predicted octanol–water partition coefficient (Wildman–Crippen LogP) is 3.30. The zero-order valence-corrected chi connectivity index (χ0v) is 16.6. The molecule has 3 rings (SSSR count). The molecule has 7 heteroatoms. The number of nitrogens with two attached hydrogens (primary N) is 1. The van der Waals surface area contributed by atoms with Crippen molar-refractivity contribution < 1.29 is 9.59 Å². The SMILES string of the molecule is CCC[C@H](C(C)=O)[C@H](Cc1ccc(-c2cccc(C(N)=O)c2)cc1)c1nn[nH]n1. The Hall–Kier alpha value is -3.35. The molecule has 2 atom stereocenters. The number of benzene rings is 2. The molecule has 1 aromatic heterocycles. The molecule has 0 radical (unpaired) electrons. The lowest BCUT2D eigenvalue weighted by Gasteiger charge is -2.22. The summed E-state index contributed by atoms with van der Waals surface area (Å²) in [5.41, 5.74) is 8.85. The van der Waals surface area contributed by atoms with Crippen LogP contribution < -0.4 is 5.73 Å². The average Bonchev–Trinajstić information content (AvgIpc) is 3.25. The van der Waals surface area contributed by atoms with Crippen LogP contribution in [0.3, 0.4) is 0 Å². The Morgan fingerprint density at radius 2 is 1.86 bits per heavy atom. The lowest BCUT2D eigenvalue weighted by molar-refractivity contribution is -0.121. The third-order valence-corrected chi connectivity index (χ3v) is 5.19. The fourth-order valence-corrected chi connectivity index (χ4v) is 3.68. The lowest BCUT2D eigenvalue weighted by atomic mass is 9.81. The minimum Gasteiger partial charge on any atom is -0.366 e. The number of primary amides is 1. The van der Waals surface area contributed by atoms with Crippen LogP contribution in [0.2, 0.25) is 0 Å². The number of hydrogen-bond donors (Lipinski definition) is 2. The molecular weight excluding hydrogens is 366 g/mol. The van der Waals surface area contributed by atoms with E-state index < -0.39 is 5.91 Å². The van der Waals surface area contributed by atoms with E-state index in [0.29, 0.717) is 17.8 Å². The van der Waals surface area contributed by atoms with Gasteiger partial charge in [0.05, 0.1) is 0 Å². The number of hydrogen-bond acceptors (Lipinski definition) is 5. The molecule has 2 aromatic carbocycles. The Morgan fingerprint density at radius 1 is 1.10 bits per heavy atom. The molecular formula is C22H25N5O2. The molecule has 0 aliphatic carbocycles. The highest BCUT2D eigenvalue weighted by molar-refractivity contribution is 5.94. The molecule has 0 fully saturated rings. The molecule has 0 spiro atoms. The van der Waals surface area contributed by atoms with E-state index in [1.54, 1.807) is 19.1 Å². The first-order valence-electron chi connectivity index (χ1n) is 9.72. The van der Waals surface area contributed by atoms with Crippen LogP contribution in [0, 0.1) is 5.92 Å². The smallest absolute Gasteiger partial charge is 0.248 e. The lowest BCUT2D eigenvalue weighted by Crippen LogP contribution is -2.23. The van der Waals surface area contributed by atoms with Crippen LogP contribution in [-0.4, -0.2) is 32.3 Å². The van der Waals surface area contributed by atoms with Crippen LogP contribution in [0.5, 0.6) is 0 Å². The summed E-state index contributed by atoms with van der Waals surface area (Å²) in [6.07, 6.45) is 2.34. The van der Waals surface area contributed by atoms with E-state index in [0.717, 1.165) is 29.5 Å². The van der Waals surface area contributed by atoms with Gasteiger partial charge in [0.15, 0.2) is 5.82 Å². The molecule has 29 heavy (non-hydrogen) atoms. The topological polar surface area (TPSA) is 115 Å². The second kappa shape index (κ2) is 9.23. The Morgan fingerprint density at radius 3 is 2.45 bits per heavy atom. The average molecular weight is 391 g/mol. The van der Waals surface area contributed by atoms with Crippen molar-refractivity contribution in [2.45, 2.75) is 39.0 Å². The number of aromatic amines is 1. The minimum atomic E-state index is -0.447. The fourth-order valence-electron chi connectivity index (χ4n) is 3.68. The van der Waals surface area contributed by atoms with E-state index in [-0.39, 0.29) is 17.6 Å². The molecule has 1 amide bonds. The summed E-state index contributed by atoms with van der Waals surface area (Å²) >= 11 is 0. The highest BCUT2D eigenvalue weighted by Crippen LogP contribution is 2.31. The summed E-state index contributed by atoms with van der Waals surface area (Å²) in [5.74, 6) is -0.0178. The largest absolute Gasteiger partial charge is 0.366 e. The van der Waals surface area contributed by atoms with Crippen LogP contribution in [0.4, 0.5) is 0 Å². The van der Waals surface area contributed by atoms with Gasteiger partial charge in [0.1, 0.15) is 5.78 Å². The van der Waals surface area contributed by atoms with Gasteiger partial charge in [-0.05, 0) is 48.6 Å². The number of carbonyl (C=O) groups excluding carboxylic acids is 2. The Balaban J connectivity index is 1.85. The van der Waals surface area contributed by atoms with Gasteiger partial charge >= 0.3 is 0 Å². The fraction of sp³-hybridized carbons (Fsp3) is 0.318. The first-order valence-corrected chi connectivity index (χ1v) is 9.72. The Kier molecular flexibility index (Phi) is 6.49. The van der Waals surface area contributed by atoms with Crippen molar-refractivity contribution in [2.75, 3.05) is 0 Å². The van der Waals surface area contributed by atoms with E-state index in [9.17, 15) is 9.59 Å². The highest BCUT2D eigenvalue weighted by Gasteiger charge is 2.29. The number of tetrazole rings is 1. The third kappa shape index (κ3) is 4.93. The number of ketones is 1. The number of nitrogens with zero attached hydrogens (tertiary/aromatic N) is 3. The molecule has 3 N–H and O–H groups in total. The van der Waals surface area contributed by atoms with E-state index >= 15 is 0 Å². The zero-order chi connectivity index (χ0) is 20.8. The Bertz CT molecular complexity index is 967. The van der Waals surface area contributed by atoms with Gasteiger partial charge in [-0.25, -0.2) is 0 Å². The van der Waals surface area contributed by atoms with Crippen molar-refractivity contribution in [3.63, 3.8) is 0 Å². The maximum Gasteiger partial charge on any atom is 0.248 e. The first-order chi connectivity index (χ1) is 14.0. The molecule has 0 aliphatic heterocycles. The molecule has 150 valence electrons. The highest BCUT2D eigenvalue weighted by atomic mass is 16.1. The van der Waals surface area contributed by atoms with E-state index in [1.165, 1.54) is 0 Å². The maximum absolute atomic E-state index is 12.3.